The van der Waals surface area contributed by atoms with Gasteiger partial charge in [0.2, 0.25) is 0 Å². The molecule has 1 aromatic carbocycles. The fraction of sp³-hybridized carbons (Fsp3) is 0.571. The minimum atomic E-state index is 0.759. The van der Waals surface area contributed by atoms with Crippen molar-refractivity contribution in [1.29, 1.82) is 0 Å². The molecule has 100 valence electrons. The van der Waals surface area contributed by atoms with E-state index in [0.29, 0.717) is 0 Å². The third kappa shape index (κ3) is 4.45. The summed E-state index contributed by atoms with van der Waals surface area (Å²) >= 11 is 9.19. The average molecular weight is 333 g/mol. The maximum atomic E-state index is 5.78. The van der Waals surface area contributed by atoms with Crippen LogP contribution in [-0.4, -0.2) is 37.0 Å². The molecule has 0 bridgehead atoms. The smallest absolute Gasteiger partial charge is 0.119 e. The molecular formula is C14H19BrClNO. The quantitative estimate of drug-likeness (QED) is 0.735. The molecule has 2 rings (SSSR count). The molecule has 1 aromatic rings. The number of likely N-dealkylation sites (tertiary alicyclic amines) is 1. The van der Waals surface area contributed by atoms with E-state index in [2.05, 4.69) is 20.8 Å². The van der Waals surface area contributed by atoms with Crippen molar-refractivity contribution in [3.63, 3.8) is 0 Å². The van der Waals surface area contributed by atoms with Crippen LogP contribution in [0.4, 0.5) is 0 Å². The van der Waals surface area contributed by atoms with E-state index in [1.807, 2.05) is 24.3 Å². The predicted molar refractivity (Wildman–Crippen MR) is 79.5 cm³/mol. The molecule has 1 unspecified atom stereocenters. The topological polar surface area (TPSA) is 12.5 Å². The third-order valence-electron chi connectivity index (χ3n) is 3.38. The maximum Gasteiger partial charge on any atom is 0.119 e. The largest absolute Gasteiger partial charge is 0.492 e. The maximum absolute atomic E-state index is 5.78. The summed E-state index contributed by atoms with van der Waals surface area (Å²) < 4.78 is 6.81. The van der Waals surface area contributed by atoms with E-state index in [-0.39, 0.29) is 0 Å². The number of hydrogen-bond acceptors (Lipinski definition) is 2. The molecule has 0 aliphatic carbocycles. The molecule has 1 aliphatic rings. The predicted octanol–water partition coefficient (Wildman–Crippen LogP) is 3.78. The monoisotopic (exact) mass is 331 g/mol. The zero-order valence-electron chi connectivity index (χ0n) is 10.4. The summed E-state index contributed by atoms with van der Waals surface area (Å²) in [5, 5.41) is 0. The first-order chi connectivity index (χ1) is 8.78. The van der Waals surface area contributed by atoms with Gasteiger partial charge in [-0.05, 0) is 49.6 Å². The van der Waals surface area contributed by atoms with Gasteiger partial charge in [-0.25, -0.2) is 0 Å². The second-order valence-electron chi connectivity index (χ2n) is 4.74. The van der Waals surface area contributed by atoms with Crippen molar-refractivity contribution in [2.24, 2.45) is 5.92 Å². The second kappa shape index (κ2) is 7.37. The molecule has 18 heavy (non-hydrogen) atoms. The van der Waals surface area contributed by atoms with E-state index in [1.54, 1.807) is 0 Å². The lowest BCUT2D eigenvalue weighted by atomic mass is 10.1. The van der Waals surface area contributed by atoms with Crippen LogP contribution in [0.15, 0.2) is 28.7 Å². The van der Waals surface area contributed by atoms with Crippen molar-refractivity contribution in [1.82, 2.24) is 4.90 Å². The van der Waals surface area contributed by atoms with Crippen molar-refractivity contribution in [2.75, 3.05) is 32.1 Å². The summed E-state index contributed by atoms with van der Waals surface area (Å²) in [6.45, 7) is 4.13. The Balaban J connectivity index is 1.65. The molecule has 2 nitrogen and oxygen atoms in total. The van der Waals surface area contributed by atoms with E-state index < -0.39 is 0 Å². The Morgan fingerprint density at radius 2 is 2.11 bits per heavy atom. The lowest BCUT2D eigenvalue weighted by molar-refractivity contribution is 0.232. The van der Waals surface area contributed by atoms with Gasteiger partial charge >= 0.3 is 0 Å². The van der Waals surface area contributed by atoms with Crippen molar-refractivity contribution in [2.45, 2.75) is 12.8 Å². The molecule has 0 aromatic heterocycles. The highest BCUT2D eigenvalue weighted by molar-refractivity contribution is 9.10. The first kappa shape index (κ1) is 14.2. The number of benzene rings is 1. The Morgan fingerprint density at radius 3 is 2.83 bits per heavy atom. The van der Waals surface area contributed by atoms with Crippen molar-refractivity contribution < 1.29 is 4.74 Å². The number of ether oxygens (including phenoxy) is 1. The summed E-state index contributed by atoms with van der Waals surface area (Å²) in [7, 11) is 0. The Labute approximate surface area is 122 Å². The summed E-state index contributed by atoms with van der Waals surface area (Å²) in [6.07, 6.45) is 2.43. The van der Waals surface area contributed by atoms with E-state index >= 15 is 0 Å². The van der Waals surface area contributed by atoms with Crippen LogP contribution < -0.4 is 4.74 Å². The molecule has 1 atom stereocenters. The van der Waals surface area contributed by atoms with Gasteiger partial charge in [0.15, 0.2) is 0 Å². The van der Waals surface area contributed by atoms with Crippen molar-refractivity contribution in [3.05, 3.63) is 28.7 Å². The molecule has 0 radical (unpaired) electrons. The Kier molecular flexibility index (Phi) is 5.80. The molecule has 0 saturated carbocycles. The van der Waals surface area contributed by atoms with Crippen LogP contribution in [0.5, 0.6) is 5.75 Å². The van der Waals surface area contributed by atoms with Crippen LogP contribution >= 0.6 is 27.5 Å². The lowest BCUT2D eigenvalue weighted by Crippen LogP contribution is -2.26. The molecule has 1 saturated heterocycles. The molecule has 0 amide bonds. The molecule has 4 heteroatoms. The number of rotatable bonds is 6. The average Bonchev–Trinajstić information content (AvgIpc) is 2.80. The summed E-state index contributed by atoms with van der Waals surface area (Å²) in [5.74, 6) is 2.51. The van der Waals surface area contributed by atoms with Gasteiger partial charge in [-0.3, -0.25) is 4.90 Å². The SMILES string of the molecule is ClCCC1CCN(CCOc2ccc(Br)cc2)C1. The van der Waals surface area contributed by atoms with Crippen LogP contribution in [0.1, 0.15) is 12.8 Å². The highest BCUT2D eigenvalue weighted by Crippen LogP contribution is 2.20. The number of alkyl halides is 1. The third-order valence-corrected chi connectivity index (χ3v) is 4.12. The Hall–Kier alpha value is -0.250. The van der Waals surface area contributed by atoms with Gasteiger partial charge in [-0.15, -0.1) is 11.6 Å². The van der Waals surface area contributed by atoms with E-state index in [4.69, 9.17) is 16.3 Å². The lowest BCUT2D eigenvalue weighted by Gasteiger charge is -2.16. The second-order valence-corrected chi connectivity index (χ2v) is 6.03. The first-order valence-electron chi connectivity index (χ1n) is 6.44. The first-order valence-corrected chi connectivity index (χ1v) is 7.77. The molecule has 0 N–H and O–H groups in total. The van der Waals surface area contributed by atoms with Gasteiger partial charge in [-0.1, -0.05) is 15.9 Å². The summed E-state index contributed by atoms with van der Waals surface area (Å²) in [6, 6.07) is 7.98. The van der Waals surface area contributed by atoms with E-state index in [9.17, 15) is 0 Å². The number of nitrogens with zero attached hydrogens (tertiary/aromatic N) is 1. The molecular weight excluding hydrogens is 314 g/mol. The van der Waals surface area contributed by atoms with Gasteiger partial charge in [0.05, 0.1) is 0 Å². The van der Waals surface area contributed by atoms with Crippen LogP contribution in [0.25, 0.3) is 0 Å². The minimum absolute atomic E-state index is 0.759. The van der Waals surface area contributed by atoms with Crippen molar-refractivity contribution in [3.8, 4) is 5.75 Å². The zero-order valence-corrected chi connectivity index (χ0v) is 12.8. The highest BCUT2D eigenvalue weighted by Gasteiger charge is 2.21. The fourth-order valence-electron chi connectivity index (χ4n) is 2.33. The van der Waals surface area contributed by atoms with Gasteiger partial charge in [0.25, 0.3) is 0 Å². The van der Waals surface area contributed by atoms with Gasteiger partial charge in [0, 0.05) is 23.4 Å². The molecule has 0 spiro atoms. The highest BCUT2D eigenvalue weighted by atomic mass is 79.9. The Bertz CT molecular complexity index is 357. The van der Waals surface area contributed by atoms with Crippen molar-refractivity contribution >= 4 is 27.5 Å². The molecule has 1 fully saturated rings. The van der Waals surface area contributed by atoms with Gasteiger partial charge < -0.3 is 4.74 Å². The van der Waals surface area contributed by atoms with Crippen LogP contribution in [-0.2, 0) is 0 Å². The number of halogens is 2. The number of hydrogen-bond donors (Lipinski definition) is 0. The standard InChI is InChI=1S/C14H19BrClNO/c15-13-1-3-14(4-2-13)18-10-9-17-8-6-12(11-17)5-7-16/h1-4,12H,5-11H2. The zero-order chi connectivity index (χ0) is 12.8. The molecule has 1 heterocycles. The summed E-state index contributed by atoms with van der Waals surface area (Å²) in [4.78, 5) is 2.47. The summed E-state index contributed by atoms with van der Waals surface area (Å²) in [5.41, 5.74) is 0. The Morgan fingerprint density at radius 1 is 1.33 bits per heavy atom. The van der Waals surface area contributed by atoms with Crippen LogP contribution in [0.2, 0.25) is 0 Å². The normalized spacial score (nSPS) is 20.2. The van der Waals surface area contributed by atoms with E-state index in [0.717, 1.165) is 41.6 Å². The van der Waals surface area contributed by atoms with Gasteiger partial charge in [-0.2, -0.15) is 0 Å². The van der Waals surface area contributed by atoms with Crippen LogP contribution in [0, 0.1) is 5.92 Å². The van der Waals surface area contributed by atoms with Crippen LogP contribution in [0.3, 0.4) is 0 Å². The van der Waals surface area contributed by atoms with Gasteiger partial charge in [0.1, 0.15) is 12.4 Å². The van der Waals surface area contributed by atoms with E-state index in [1.165, 1.54) is 19.5 Å². The minimum Gasteiger partial charge on any atom is -0.492 e. The fourth-order valence-corrected chi connectivity index (χ4v) is 2.90. The molecule has 1 aliphatic heterocycles.